The number of hydrogen-bond acceptors (Lipinski definition) is 2. The molecule has 0 radical (unpaired) electrons. The van der Waals surface area contributed by atoms with Crippen LogP contribution >= 0.6 is 11.6 Å². The normalized spacial score (nSPS) is 25.7. The molecule has 1 aromatic carbocycles. The lowest BCUT2D eigenvalue weighted by molar-refractivity contribution is -0.138. The van der Waals surface area contributed by atoms with Gasteiger partial charge < -0.3 is 9.64 Å². The molecule has 2 aliphatic heterocycles. The molecule has 1 fully saturated rings. The molecule has 114 valence electrons. The van der Waals surface area contributed by atoms with Crippen LogP contribution in [0.3, 0.4) is 0 Å². The summed E-state index contributed by atoms with van der Waals surface area (Å²) in [6, 6.07) is 8.19. The third-order valence-corrected chi connectivity index (χ3v) is 4.92. The smallest absolute Gasteiger partial charge is 0.229 e. The molecule has 1 saturated heterocycles. The Hall–Kier alpha value is -1.22. The highest BCUT2D eigenvalue weighted by Gasteiger charge is 2.33. The summed E-state index contributed by atoms with van der Waals surface area (Å²) < 4.78 is 5.77. The average Bonchev–Trinajstić information content (AvgIpc) is 2.79. The summed E-state index contributed by atoms with van der Waals surface area (Å²) in [6.45, 7) is 1.33. The quantitative estimate of drug-likeness (QED) is 0.785. The van der Waals surface area contributed by atoms with Crippen LogP contribution in [-0.2, 0) is 11.2 Å². The first-order valence-corrected chi connectivity index (χ1v) is 8.40. The lowest BCUT2D eigenvalue weighted by atomic mass is 9.95. The van der Waals surface area contributed by atoms with E-state index in [1.807, 2.05) is 23.1 Å². The standard InChI is InChI=1S/C17H22ClNO2/c18-11-15-7-2-1-5-9-19(15)17(20)14-10-13-6-3-4-8-16(13)21-12-14/h3-4,6,8,14-15H,1-2,5,7,9-12H2. The lowest BCUT2D eigenvalue weighted by Gasteiger charge is -2.34. The van der Waals surface area contributed by atoms with E-state index in [1.54, 1.807) is 0 Å². The Morgan fingerprint density at radius 1 is 1.29 bits per heavy atom. The van der Waals surface area contributed by atoms with Crippen molar-refractivity contribution in [2.45, 2.75) is 38.1 Å². The number of alkyl halides is 1. The number of hydrogen-bond donors (Lipinski definition) is 0. The van der Waals surface area contributed by atoms with Crippen molar-refractivity contribution < 1.29 is 9.53 Å². The third-order valence-electron chi connectivity index (χ3n) is 4.57. The van der Waals surface area contributed by atoms with Crippen molar-refractivity contribution in [1.82, 2.24) is 4.90 Å². The van der Waals surface area contributed by atoms with E-state index < -0.39 is 0 Å². The molecule has 4 heteroatoms. The molecule has 0 N–H and O–H groups in total. The molecule has 0 bridgehead atoms. The molecule has 1 amide bonds. The van der Waals surface area contributed by atoms with Gasteiger partial charge in [-0.05, 0) is 30.9 Å². The number of likely N-dealkylation sites (tertiary alicyclic amines) is 1. The first-order valence-electron chi connectivity index (χ1n) is 7.86. The molecule has 0 aromatic heterocycles. The monoisotopic (exact) mass is 307 g/mol. The first kappa shape index (κ1) is 14.7. The van der Waals surface area contributed by atoms with Gasteiger partial charge in [0, 0.05) is 18.5 Å². The summed E-state index contributed by atoms with van der Waals surface area (Å²) >= 11 is 6.09. The Morgan fingerprint density at radius 2 is 2.14 bits per heavy atom. The minimum absolute atomic E-state index is 0.0660. The minimum Gasteiger partial charge on any atom is -0.492 e. The lowest BCUT2D eigenvalue weighted by Crippen LogP contribution is -2.46. The van der Waals surface area contributed by atoms with Gasteiger partial charge in [-0.25, -0.2) is 0 Å². The second-order valence-corrected chi connectivity index (χ2v) is 6.32. The summed E-state index contributed by atoms with van der Waals surface area (Å²) in [7, 11) is 0. The van der Waals surface area contributed by atoms with E-state index >= 15 is 0 Å². The van der Waals surface area contributed by atoms with Crippen LogP contribution in [-0.4, -0.2) is 35.9 Å². The van der Waals surface area contributed by atoms with Crippen molar-refractivity contribution in [1.29, 1.82) is 0 Å². The van der Waals surface area contributed by atoms with E-state index in [0.717, 1.165) is 37.1 Å². The fourth-order valence-electron chi connectivity index (χ4n) is 3.35. The number of ether oxygens (including phenoxy) is 1. The minimum atomic E-state index is -0.0660. The second kappa shape index (κ2) is 6.69. The van der Waals surface area contributed by atoms with Crippen LogP contribution in [0.1, 0.15) is 31.2 Å². The largest absolute Gasteiger partial charge is 0.492 e. The first-order chi connectivity index (χ1) is 10.3. The maximum atomic E-state index is 12.9. The Labute approximate surface area is 131 Å². The molecular formula is C17H22ClNO2. The van der Waals surface area contributed by atoms with Crippen LogP contribution in [0, 0.1) is 5.92 Å². The number of benzene rings is 1. The zero-order valence-electron chi connectivity index (χ0n) is 12.3. The molecule has 0 saturated carbocycles. The van der Waals surface area contributed by atoms with Gasteiger partial charge in [-0.3, -0.25) is 4.79 Å². The van der Waals surface area contributed by atoms with Crippen molar-refractivity contribution in [3.63, 3.8) is 0 Å². The van der Waals surface area contributed by atoms with E-state index in [-0.39, 0.29) is 17.9 Å². The highest BCUT2D eigenvalue weighted by molar-refractivity contribution is 6.18. The third kappa shape index (κ3) is 3.18. The summed E-state index contributed by atoms with van der Waals surface area (Å²) in [6.07, 6.45) is 5.26. The molecular weight excluding hydrogens is 286 g/mol. The van der Waals surface area contributed by atoms with Crippen LogP contribution in [0.5, 0.6) is 5.75 Å². The molecule has 3 rings (SSSR count). The van der Waals surface area contributed by atoms with Gasteiger partial charge in [0.1, 0.15) is 12.4 Å². The Kier molecular flexibility index (Phi) is 4.69. The van der Waals surface area contributed by atoms with E-state index in [1.165, 1.54) is 12.8 Å². The van der Waals surface area contributed by atoms with Gasteiger partial charge >= 0.3 is 0 Å². The van der Waals surface area contributed by atoms with E-state index in [0.29, 0.717) is 12.5 Å². The van der Waals surface area contributed by atoms with Gasteiger partial charge in [0.15, 0.2) is 0 Å². The SMILES string of the molecule is O=C(C1COc2ccccc2C1)N1CCCCCC1CCl. The highest BCUT2D eigenvalue weighted by atomic mass is 35.5. The molecule has 1 aromatic rings. The van der Waals surface area contributed by atoms with Crippen molar-refractivity contribution in [2.75, 3.05) is 19.0 Å². The van der Waals surface area contributed by atoms with Crippen LogP contribution in [0.2, 0.25) is 0 Å². The van der Waals surface area contributed by atoms with E-state index in [4.69, 9.17) is 16.3 Å². The summed E-state index contributed by atoms with van der Waals surface area (Å²) in [5.74, 6) is 1.61. The number of fused-ring (bicyclic) bond motifs is 1. The average molecular weight is 308 g/mol. The Bertz CT molecular complexity index is 505. The molecule has 2 aliphatic rings. The fourth-order valence-corrected chi connectivity index (χ4v) is 3.67. The predicted molar refractivity (Wildman–Crippen MR) is 83.8 cm³/mol. The van der Waals surface area contributed by atoms with Gasteiger partial charge in [-0.2, -0.15) is 0 Å². The summed E-state index contributed by atoms with van der Waals surface area (Å²) in [4.78, 5) is 14.9. The van der Waals surface area contributed by atoms with Gasteiger partial charge in [-0.1, -0.05) is 31.0 Å². The molecule has 3 nitrogen and oxygen atoms in total. The maximum absolute atomic E-state index is 12.9. The van der Waals surface area contributed by atoms with Gasteiger partial charge in [-0.15, -0.1) is 11.6 Å². The van der Waals surface area contributed by atoms with Crippen LogP contribution in [0.4, 0.5) is 0 Å². The molecule has 2 unspecified atom stereocenters. The molecule has 0 spiro atoms. The van der Waals surface area contributed by atoms with E-state index in [2.05, 4.69) is 6.07 Å². The topological polar surface area (TPSA) is 29.5 Å². The van der Waals surface area contributed by atoms with Crippen molar-refractivity contribution in [2.24, 2.45) is 5.92 Å². The van der Waals surface area contributed by atoms with Gasteiger partial charge in [0.25, 0.3) is 0 Å². The zero-order valence-corrected chi connectivity index (χ0v) is 13.0. The number of halogens is 1. The second-order valence-electron chi connectivity index (χ2n) is 6.01. The zero-order chi connectivity index (χ0) is 14.7. The van der Waals surface area contributed by atoms with Crippen molar-refractivity contribution in [3.8, 4) is 5.75 Å². The van der Waals surface area contributed by atoms with Crippen LogP contribution in [0.25, 0.3) is 0 Å². The fraction of sp³-hybridized carbons (Fsp3) is 0.588. The molecule has 2 atom stereocenters. The number of rotatable bonds is 2. The van der Waals surface area contributed by atoms with Crippen molar-refractivity contribution in [3.05, 3.63) is 29.8 Å². The Morgan fingerprint density at radius 3 is 3.00 bits per heavy atom. The van der Waals surface area contributed by atoms with Crippen LogP contribution < -0.4 is 4.74 Å². The predicted octanol–water partition coefficient (Wildman–Crippen LogP) is 3.25. The number of para-hydroxylation sites is 1. The number of nitrogens with zero attached hydrogens (tertiary/aromatic N) is 1. The van der Waals surface area contributed by atoms with Gasteiger partial charge in [0.2, 0.25) is 5.91 Å². The Balaban J connectivity index is 1.73. The highest BCUT2D eigenvalue weighted by Crippen LogP contribution is 2.29. The number of carbonyl (C=O) groups is 1. The number of carbonyl (C=O) groups excluding carboxylic acids is 1. The maximum Gasteiger partial charge on any atom is 0.229 e. The summed E-state index contributed by atoms with van der Waals surface area (Å²) in [5.41, 5.74) is 1.14. The molecule has 2 heterocycles. The molecule has 0 aliphatic carbocycles. The molecule has 21 heavy (non-hydrogen) atoms. The number of amides is 1. The van der Waals surface area contributed by atoms with E-state index in [9.17, 15) is 4.79 Å². The van der Waals surface area contributed by atoms with Crippen molar-refractivity contribution >= 4 is 17.5 Å². The van der Waals surface area contributed by atoms with Gasteiger partial charge in [0.05, 0.1) is 5.92 Å². The summed E-state index contributed by atoms with van der Waals surface area (Å²) in [5, 5.41) is 0. The van der Waals surface area contributed by atoms with Crippen LogP contribution in [0.15, 0.2) is 24.3 Å².